The fraction of sp³-hybridized carbons (Fsp3) is 1.00. The van der Waals surface area contributed by atoms with E-state index in [1.54, 1.807) is 6.92 Å². The molecule has 2 nitrogen and oxygen atoms in total. The predicted octanol–water partition coefficient (Wildman–Crippen LogP) is 0.654. The molecule has 0 spiro atoms. The van der Waals surface area contributed by atoms with Gasteiger partial charge in [0.1, 0.15) is 0 Å². The molecule has 0 saturated heterocycles. The third-order valence-corrected chi connectivity index (χ3v) is 1.70. The molecule has 0 aromatic rings. The van der Waals surface area contributed by atoms with Gasteiger partial charge in [0.2, 0.25) is 0 Å². The van der Waals surface area contributed by atoms with E-state index < -0.39 is 5.41 Å². The van der Waals surface area contributed by atoms with Gasteiger partial charge >= 0.3 is 0 Å². The van der Waals surface area contributed by atoms with Crippen LogP contribution in [0, 0.1) is 5.41 Å². The highest BCUT2D eigenvalue weighted by Crippen LogP contribution is 2.15. The maximum atomic E-state index is 10.2. The quantitative estimate of drug-likeness (QED) is 0.571. The van der Waals surface area contributed by atoms with Gasteiger partial charge in [0.25, 0.3) is 0 Å². The van der Waals surface area contributed by atoms with Crippen LogP contribution in [0.4, 0.5) is 0 Å². The van der Waals surface area contributed by atoms with Gasteiger partial charge in [-0.2, -0.15) is 0 Å². The van der Waals surface area contributed by atoms with Crippen molar-refractivity contribution in [3.05, 3.63) is 0 Å². The van der Waals surface area contributed by atoms with Crippen LogP contribution >= 0.6 is 11.6 Å². The van der Waals surface area contributed by atoms with Gasteiger partial charge in [0.15, 0.2) is 0 Å². The van der Waals surface area contributed by atoms with Crippen LogP contribution in [0.25, 0.3) is 0 Å². The molecule has 0 aromatic carbocycles. The van der Waals surface area contributed by atoms with E-state index in [9.17, 15) is 5.11 Å². The molecule has 8 heavy (non-hydrogen) atoms. The SMILES string of the molecule is CC(C[O])(CO)CCl. The minimum Gasteiger partial charge on any atom is -0.396 e. The topological polar surface area (TPSA) is 40.1 Å². The molecule has 0 aliphatic heterocycles. The van der Waals surface area contributed by atoms with Crippen LogP contribution in [0.2, 0.25) is 0 Å². The highest BCUT2D eigenvalue weighted by atomic mass is 35.5. The summed E-state index contributed by atoms with van der Waals surface area (Å²) in [6.45, 7) is 1.22. The van der Waals surface area contributed by atoms with Gasteiger partial charge in [-0.05, 0) is 0 Å². The van der Waals surface area contributed by atoms with Gasteiger partial charge in [-0.3, -0.25) is 0 Å². The lowest BCUT2D eigenvalue weighted by molar-refractivity contribution is 0.0485. The number of rotatable bonds is 3. The zero-order valence-electron chi connectivity index (χ0n) is 4.85. The molecule has 0 aliphatic rings. The summed E-state index contributed by atoms with van der Waals surface area (Å²) in [5.74, 6) is 0.229. The molecule has 0 amide bonds. The number of aliphatic hydroxyl groups is 1. The second-order valence-electron chi connectivity index (χ2n) is 2.25. The lowest BCUT2D eigenvalue weighted by atomic mass is 9.96. The van der Waals surface area contributed by atoms with Gasteiger partial charge < -0.3 is 5.11 Å². The summed E-state index contributed by atoms with van der Waals surface area (Å²) in [5, 5.41) is 18.7. The summed E-state index contributed by atoms with van der Waals surface area (Å²) in [5.41, 5.74) is -0.610. The van der Waals surface area contributed by atoms with Crippen LogP contribution in [-0.2, 0) is 5.11 Å². The Morgan fingerprint density at radius 1 is 1.75 bits per heavy atom. The van der Waals surface area contributed by atoms with Gasteiger partial charge in [0, 0.05) is 11.3 Å². The molecule has 1 N–H and O–H groups in total. The Balaban J connectivity index is 3.58. The number of hydrogen-bond donors (Lipinski definition) is 1. The Hall–Kier alpha value is 0.210. The fourth-order valence-corrected chi connectivity index (χ4v) is 0.288. The maximum Gasteiger partial charge on any atom is 0.0909 e. The molecule has 0 fully saturated rings. The fourth-order valence-electron chi connectivity index (χ4n) is 0.126. The summed E-state index contributed by atoms with van der Waals surface area (Å²) in [6.07, 6.45) is 0. The van der Waals surface area contributed by atoms with E-state index in [2.05, 4.69) is 0 Å². The van der Waals surface area contributed by atoms with Crippen LogP contribution in [0.5, 0.6) is 0 Å². The molecule has 0 bridgehead atoms. The molecule has 0 aliphatic carbocycles. The van der Waals surface area contributed by atoms with E-state index in [-0.39, 0.29) is 19.1 Å². The Morgan fingerprint density at radius 3 is 2.25 bits per heavy atom. The van der Waals surface area contributed by atoms with Gasteiger partial charge in [-0.15, -0.1) is 11.6 Å². The van der Waals surface area contributed by atoms with E-state index in [4.69, 9.17) is 16.7 Å². The van der Waals surface area contributed by atoms with Crippen LogP contribution in [0.1, 0.15) is 6.92 Å². The average molecular weight is 138 g/mol. The molecule has 0 aromatic heterocycles. The number of hydrogen-bond acceptors (Lipinski definition) is 1. The van der Waals surface area contributed by atoms with Crippen molar-refractivity contribution < 1.29 is 10.2 Å². The van der Waals surface area contributed by atoms with Crippen LogP contribution in [-0.4, -0.2) is 24.2 Å². The van der Waals surface area contributed by atoms with Crippen molar-refractivity contribution >= 4 is 11.6 Å². The number of halogens is 1. The summed E-state index contributed by atoms with van der Waals surface area (Å²) in [7, 11) is 0. The Labute approximate surface area is 54.1 Å². The van der Waals surface area contributed by atoms with Crippen molar-refractivity contribution in [1.82, 2.24) is 0 Å². The standard InChI is InChI=1S/C5H10ClO2/c1-5(2-6,3-7)4-8/h7H,2-4H2,1H3. The molecule has 1 radical (unpaired) electrons. The second-order valence-corrected chi connectivity index (χ2v) is 2.51. The molecule has 1 atom stereocenters. The number of alkyl halides is 1. The summed E-state index contributed by atoms with van der Waals surface area (Å²) < 4.78 is 0. The Kier molecular flexibility index (Phi) is 3.36. The van der Waals surface area contributed by atoms with Gasteiger partial charge in [0.05, 0.1) is 13.2 Å². The van der Waals surface area contributed by atoms with E-state index in [0.717, 1.165) is 0 Å². The van der Waals surface area contributed by atoms with Crippen molar-refractivity contribution in [2.24, 2.45) is 5.41 Å². The normalized spacial score (nSPS) is 12.0. The Morgan fingerprint density at radius 2 is 2.25 bits per heavy atom. The molecular weight excluding hydrogens is 128 g/mol. The highest BCUT2D eigenvalue weighted by molar-refractivity contribution is 6.18. The third kappa shape index (κ3) is 1.99. The van der Waals surface area contributed by atoms with E-state index in [0.29, 0.717) is 0 Å². The van der Waals surface area contributed by atoms with Crippen molar-refractivity contribution in [2.75, 3.05) is 19.1 Å². The first-order valence-electron chi connectivity index (χ1n) is 2.43. The third-order valence-electron chi connectivity index (χ3n) is 1.05. The average Bonchev–Trinajstić information content (AvgIpc) is 1.87. The second kappa shape index (κ2) is 3.28. The molecule has 0 heterocycles. The van der Waals surface area contributed by atoms with Gasteiger partial charge in [-0.25, -0.2) is 5.11 Å². The van der Waals surface area contributed by atoms with Crippen molar-refractivity contribution in [3.8, 4) is 0 Å². The van der Waals surface area contributed by atoms with E-state index in [1.807, 2.05) is 0 Å². The minimum atomic E-state index is -0.610. The van der Waals surface area contributed by atoms with Crippen LogP contribution in [0.3, 0.4) is 0 Å². The monoisotopic (exact) mass is 137 g/mol. The molecule has 0 saturated carbocycles. The van der Waals surface area contributed by atoms with Crippen molar-refractivity contribution in [2.45, 2.75) is 6.92 Å². The predicted molar refractivity (Wildman–Crippen MR) is 31.5 cm³/mol. The Bertz CT molecular complexity index is 53.2. The molecular formula is C5H10ClO2. The van der Waals surface area contributed by atoms with Crippen LogP contribution in [0.15, 0.2) is 0 Å². The number of aliphatic hydroxyl groups excluding tert-OH is 1. The first-order valence-corrected chi connectivity index (χ1v) is 2.97. The summed E-state index contributed by atoms with van der Waals surface area (Å²) in [6, 6.07) is 0. The summed E-state index contributed by atoms with van der Waals surface area (Å²) >= 11 is 5.35. The maximum absolute atomic E-state index is 10.2. The largest absolute Gasteiger partial charge is 0.396 e. The molecule has 1 unspecified atom stereocenters. The zero-order valence-corrected chi connectivity index (χ0v) is 5.61. The first kappa shape index (κ1) is 8.21. The van der Waals surface area contributed by atoms with Crippen molar-refractivity contribution in [1.29, 1.82) is 0 Å². The van der Waals surface area contributed by atoms with Gasteiger partial charge in [-0.1, -0.05) is 6.92 Å². The van der Waals surface area contributed by atoms with Crippen molar-refractivity contribution in [3.63, 3.8) is 0 Å². The van der Waals surface area contributed by atoms with Crippen LogP contribution < -0.4 is 0 Å². The minimum absolute atomic E-state index is 0.125. The lowest BCUT2D eigenvalue weighted by Gasteiger charge is -2.18. The zero-order chi connectivity index (χ0) is 6.62. The molecule has 0 rings (SSSR count). The van der Waals surface area contributed by atoms with E-state index >= 15 is 0 Å². The lowest BCUT2D eigenvalue weighted by Crippen LogP contribution is -2.26. The first-order chi connectivity index (χ1) is 3.68. The highest BCUT2D eigenvalue weighted by Gasteiger charge is 2.21. The summed E-state index contributed by atoms with van der Waals surface area (Å²) in [4.78, 5) is 0. The molecule has 3 heteroatoms. The smallest absolute Gasteiger partial charge is 0.0909 e. The van der Waals surface area contributed by atoms with E-state index in [1.165, 1.54) is 0 Å². The molecule has 49 valence electrons.